The summed E-state index contributed by atoms with van der Waals surface area (Å²) in [5, 5.41) is 0. The molecule has 72 heavy (non-hydrogen) atoms. The largest absolute Gasteiger partial charge is 0.310 e. The fourth-order valence-electron chi connectivity index (χ4n) is 12.9. The van der Waals surface area contributed by atoms with Crippen LogP contribution in [0.1, 0.15) is 60.1 Å². The maximum absolute atomic E-state index is 2.58. The first-order valence-electron chi connectivity index (χ1n) is 25.5. The monoisotopic (exact) mass is 920 g/mol. The molecule has 0 radical (unpaired) electrons. The van der Waals surface area contributed by atoms with Gasteiger partial charge in [0.05, 0.1) is 16.8 Å². The lowest BCUT2D eigenvalue weighted by Crippen LogP contribution is -2.27. The van der Waals surface area contributed by atoms with Gasteiger partial charge in [0, 0.05) is 39.3 Å². The Kier molecular flexibility index (Phi) is 9.63. The molecule has 0 saturated carbocycles. The maximum Gasteiger partial charge on any atom is 0.0727 e. The normalized spacial score (nSPS) is 16.0. The van der Waals surface area contributed by atoms with E-state index in [-0.39, 0.29) is 5.41 Å². The summed E-state index contributed by atoms with van der Waals surface area (Å²) in [5.41, 5.74) is 26.5. The molecule has 0 aliphatic heterocycles. The summed E-state index contributed by atoms with van der Waals surface area (Å²) in [5.74, 6) is 0. The van der Waals surface area contributed by atoms with Gasteiger partial charge in [-0.2, -0.15) is 0 Å². The van der Waals surface area contributed by atoms with E-state index in [2.05, 4.69) is 278 Å². The van der Waals surface area contributed by atoms with Crippen LogP contribution in [0.15, 0.2) is 261 Å². The summed E-state index contributed by atoms with van der Waals surface area (Å²) >= 11 is 0. The van der Waals surface area contributed by atoms with E-state index in [4.69, 9.17) is 0 Å². The number of nitrogens with zero attached hydrogens (tertiary/aromatic N) is 2. The van der Waals surface area contributed by atoms with Crippen molar-refractivity contribution in [2.45, 2.75) is 37.5 Å². The zero-order chi connectivity index (χ0) is 48.0. The van der Waals surface area contributed by atoms with Gasteiger partial charge in [-0.1, -0.05) is 202 Å². The number of hydrogen-bond donors (Lipinski definition) is 0. The number of anilines is 5. The van der Waals surface area contributed by atoms with E-state index in [0.717, 1.165) is 41.3 Å². The molecule has 10 aromatic carbocycles. The van der Waals surface area contributed by atoms with E-state index >= 15 is 0 Å². The molecular formula is C70H52N2. The minimum atomic E-state index is -0.644. The van der Waals surface area contributed by atoms with Crippen LogP contribution in [0.2, 0.25) is 0 Å². The number of para-hydroxylation sites is 2. The molecule has 14 rings (SSSR count). The Bertz CT molecular complexity index is 3820. The molecule has 2 nitrogen and oxygen atoms in total. The predicted molar refractivity (Wildman–Crippen MR) is 301 cm³/mol. The summed E-state index contributed by atoms with van der Waals surface area (Å²) in [6.07, 6.45) is 9.09. The first-order chi connectivity index (χ1) is 35.5. The summed E-state index contributed by atoms with van der Waals surface area (Å²) < 4.78 is 0. The molecule has 4 aliphatic carbocycles. The summed E-state index contributed by atoms with van der Waals surface area (Å²) in [6.45, 7) is 4.76. The number of fused-ring (bicyclic) bond motifs is 13. The third-order valence-electron chi connectivity index (χ3n) is 16.1. The molecule has 4 aliphatic rings. The second-order valence-electron chi connectivity index (χ2n) is 20.3. The summed E-state index contributed by atoms with van der Waals surface area (Å²) in [4.78, 5) is 5.04. The van der Waals surface area contributed by atoms with E-state index < -0.39 is 5.41 Å². The van der Waals surface area contributed by atoms with Crippen molar-refractivity contribution in [2.75, 3.05) is 9.80 Å². The van der Waals surface area contributed by atoms with Crippen molar-refractivity contribution in [3.63, 3.8) is 0 Å². The Morgan fingerprint density at radius 1 is 0.319 bits per heavy atom. The van der Waals surface area contributed by atoms with Crippen LogP contribution in [0.3, 0.4) is 0 Å². The topological polar surface area (TPSA) is 6.48 Å². The predicted octanol–water partition coefficient (Wildman–Crippen LogP) is 18.5. The van der Waals surface area contributed by atoms with E-state index in [1.807, 2.05) is 0 Å². The van der Waals surface area contributed by atoms with Crippen molar-refractivity contribution < 1.29 is 0 Å². The van der Waals surface area contributed by atoms with Gasteiger partial charge in [0.25, 0.3) is 0 Å². The lowest BCUT2D eigenvalue weighted by atomic mass is 9.70. The molecule has 0 N–H and O–H groups in total. The number of hydrogen-bond acceptors (Lipinski definition) is 2. The molecule has 0 aromatic heterocycles. The van der Waals surface area contributed by atoms with E-state index in [0.29, 0.717) is 0 Å². The van der Waals surface area contributed by atoms with Crippen LogP contribution in [-0.2, 0) is 10.8 Å². The van der Waals surface area contributed by atoms with E-state index in [1.54, 1.807) is 0 Å². The quantitative estimate of drug-likeness (QED) is 0.150. The van der Waals surface area contributed by atoms with Gasteiger partial charge in [-0.15, -0.1) is 0 Å². The minimum absolute atomic E-state index is 0.166. The molecule has 1 unspecified atom stereocenters. The van der Waals surface area contributed by atoms with E-state index in [9.17, 15) is 0 Å². The van der Waals surface area contributed by atoms with Crippen LogP contribution in [-0.4, -0.2) is 0 Å². The zero-order valence-electron chi connectivity index (χ0n) is 40.6. The number of allylic oxidation sites excluding steroid dienone is 3. The first-order valence-corrected chi connectivity index (χ1v) is 25.5. The van der Waals surface area contributed by atoms with Gasteiger partial charge < -0.3 is 9.80 Å². The van der Waals surface area contributed by atoms with Crippen LogP contribution < -0.4 is 9.80 Å². The Morgan fingerprint density at radius 2 is 0.764 bits per heavy atom. The average Bonchev–Trinajstić information content (AvgIpc) is 3.99. The van der Waals surface area contributed by atoms with Crippen LogP contribution in [0, 0.1) is 0 Å². The van der Waals surface area contributed by atoms with Crippen LogP contribution in [0.5, 0.6) is 0 Å². The highest BCUT2D eigenvalue weighted by molar-refractivity contribution is 6.03. The Morgan fingerprint density at radius 3 is 1.29 bits per heavy atom. The highest BCUT2D eigenvalue weighted by atomic mass is 15.2. The van der Waals surface area contributed by atoms with Crippen LogP contribution >= 0.6 is 0 Å². The van der Waals surface area contributed by atoms with E-state index in [1.165, 1.54) is 94.7 Å². The second kappa shape index (κ2) is 16.4. The zero-order valence-corrected chi connectivity index (χ0v) is 40.6. The smallest absolute Gasteiger partial charge is 0.0727 e. The Balaban J connectivity index is 1.09. The molecule has 0 amide bonds. The standard InChI is InChI=1S/C70H52N2/c1-69(2)61-37-21-18-34-53(61)56-41-40-52(42-64(56)69)72(51-32-16-7-17-33-51)68-46-66-60(44-58(68)48-26-10-4-11-27-48)55-36-20-23-39-63(55)70(66)62-38-22-19-35-54(62)59-43-57(47-24-8-3-9-25-47)67(45-65(59)70)71(49-28-12-5-13-29-49)50-30-14-6-15-31-50/h3-5,7-14,16-46H,6,15H2,1-2H3. The Hall–Kier alpha value is -8.72. The third-order valence-corrected chi connectivity index (χ3v) is 16.1. The highest BCUT2D eigenvalue weighted by Crippen LogP contribution is 2.66. The summed E-state index contributed by atoms with van der Waals surface area (Å²) in [7, 11) is 0. The highest BCUT2D eigenvalue weighted by Gasteiger charge is 2.53. The average molecular weight is 921 g/mol. The Labute approximate surface area is 423 Å². The summed E-state index contributed by atoms with van der Waals surface area (Å²) in [6, 6.07) is 88.8. The second-order valence-corrected chi connectivity index (χ2v) is 20.3. The molecule has 1 spiro atoms. The molecule has 0 saturated heterocycles. The van der Waals surface area contributed by atoms with Crippen molar-refractivity contribution in [3.8, 4) is 55.6 Å². The lowest BCUT2D eigenvalue weighted by molar-refractivity contribution is 0.660. The SMILES string of the molecule is CC1(C)c2ccccc2-c2ccc(N(c3ccccc3)c3cc4c(cc3-c3ccccc3)-c3ccccc3C43c4ccccc4-c4cc(-c5ccccc5)c(N(C5=CCCC=C5)c5ccccc5)cc43)cc21. The molecule has 1 atom stereocenters. The van der Waals surface area contributed by atoms with Crippen molar-refractivity contribution in [2.24, 2.45) is 0 Å². The van der Waals surface area contributed by atoms with Crippen molar-refractivity contribution in [1.82, 2.24) is 0 Å². The number of rotatable bonds is 8. The van der Waals surface area contributed by atoms with Crippen molar-refractivity contribution >= 4 is 28.4 Å². The molecule has 0 fully saturated rings. The van der Waals surface area contributed by atoms with Gasteiger partial charge in [-0.05, 0) is 157 Å². The van der Waals surface area contributed by atoms with Gasteiger partial charge in [0.2, 0.25) is 0 Å². The van der Waals surface area contributed by atoms with Crippen molar-refractivity contribution in [3.05, 3.63) is 294 Å². The fourth-order valence-corrected chi connectivity index (χ4v) is 12.9. The molecule has 10 aromatic rings. The van der Waals surface area contributed by atoms with Gasteiger partial charge in [0.15, 0.2) is 0 Å². The molecular weight excluding hydrogens is 869 g/mol. The minimum Gasteiger partial charge on any atom is -0.310 e. The van der Waals surface area contributed by atoms with Crippen LogP contribution in [0.4, 0.5) is 28.4 Å². The molecule has 0 heterocycles. The third kappa shape index (κ3) is 6.22. The molecule has 342 valence electrons. The molecule has 2 heteroatoms. The van der Waals surface area contributed by atoms with Gasteiger partial charge in [-0.3, -0.25) is 0 Å². The van der Waals surface area contributed by atoms with Crippen LogP contribution in [0.25, 0.3) is 55.6 Å². The first kappa shape index (κ1) is 42.2. The van der Waals surface area contributed by atoms with Gasteiger partial charge in [0.1, 0.15) is 0 Å². The maximum atomic E-state index is 2.58. The fraction of sp³-hybridized carbons (Fsp3) is 0.0857. The van der Waals surface area contributed by atoms with Gasteiger partial charge >= 0.3 is 0 Å². The number of benzene rings is 10. The van der Waals surface area contributed by atoms with Crippen molar-refractivity contribution in [1.29, 1.82) is 0 Å². The lowest BCUT2D eigenvalue weighted by Gasteiger charge is -2.35. The molecule has 0 bridgehead atoms. The van der Waals surface area contributed by atoms with Gasteiger partial charge in [-0.25, -0.2) is 0 Å².